The zero-order valence-electron chi connectivity index (χ0n) is 9.07. The van der Waals surface area contributed by atoms with Crippen molar-refractivity contribution in [2.24, 2.45) is 0 Å². The molecule has 0 aliphatic carbocycles. The topological polar surface area (TPSA) is 60.7 Å². The fraction of sp³-hybridized carbons (Fsp3) is 0.500. The number of rotatable bonds is 5. The third-order valence-electron chi connectivity index (χ3n) is 1.84. The van der Waals surface area contributed by atoms with Crippen molar-refractivity contribution >= 4 is 5.97 Å². The SMILES string of the molecule is CCONC(C)c1ccc(C(=O)OC)o1. The Morgan fingerprint density at radius 1 is 1.60 bits per heavy atom. The van der Waals surface area contributed by atoms with Crippen molar-refractivity contribution in [3.8, 4) is 0 Å². The van der Waals surface area contributed by atoms with E-state index in [1.807, 2.05) is 13.8 Å². The first-order chi connectivity index (χ1) is 7.19. The van der Waals surface area contributed by atoms with Gasteiger partial charge in [-0.1, -0.05) is 0 Å². The minimum atomic E-state index is -0.482. The van der Waals surface area contributed by atoms with Crippen LogP contribution in [-0.2, 0) is 9.57 Å². The Labute approximate surface area is 88.3 Å². The quantitative estimate of drug-likeness (QED) is 0.595. The maximum atomic E-state index is 11.1. The first-order valence-electron chi connectivity index (χ1n) is 4.74. The monoisotopic (exact) mass is 213 g/mol. The number of carbonyl (C=O) groups excluding carboxylic acids is 1. The molecule has 0 saturated carbocycles. The summed E-state index contributed by atoms with van der Waals surface area (Å²) in [5.74, 6) is 0.339. The third-order valence-corrected chi connectivity index (χ3v) is 1.84. The summed E-state index contributed by atoms with van der Waals surface area (Å²) in [5, 5.41) is 0. The largest absolute Gasteiger partial charge is 0.463 e. The van der Waals surface area contributed by atoms with Crippen LogP contribution in [0.3, 0.4) is 0 Å². The zero-order valence-corrected chi connectivity index (χ0v) is 9.07. The van der Waals surface area contributed by atoms with Crippen molar-refractivity contribution in [2.45, 2.75) is 19.9 Å². The Morgan fingerprint density at radius 2 is 2.33 bits per heavy atom. The van der Waals surface area contributed by atoms with Crippen LogP contribution in [0.2, 0.25) is 0 Å². The van der Waals surface area contributed by atoms with Gasteiger partial charge in [0, 0.05) is 0 Å². The van der Waals surface area contributed by atoms with E-state index >= 15 is 0 Å². The summed E-state index contributed by atoms with van der Waals surface area (Å²) >= 11 is 0. The highest BCUT2D eigenvalue weighted by atomic mass is 16.6. The Morgan fingerprint density at radius 3 is 2.93 bits per heavy atom. The van der Waals surface area contributed by atoms with E-state index < -0.39 is 5.97 Å². The fourth-order valence-corrected chi connectivity index (χ4v) is 1.06. The van der Waals surface area contributed by atoms with Crippen molar-refractivity contribution in [2.75, 3.05) is 13.7 Å². The summed E-state index contributed by atoms with van der Waals surface area (Å²) in [6, 6.07) is 3.18. The number of furan rings is 1. The number of esters is 1. The van der Waals surface area contributed by atoms with Crippen LogP contribution in [0.15, 0.2) is 16.5 Å². The van der Waals surface area contributed by atoms with E-state index in [0.29, 0.717) is 12.4 Å². The lowest BCUT2D eigenvalue weighted by atomic mass is 10.3. The lowest BCUT2D eigenvalue weighted by molar-refractivity contribution is 0.0227. The Kier molecular flexibility index (Phi) is 4.33. The minimum absolute atomic E-state index is 0.108. The Bertz CT molecular complexity index is 321. The van der Waals surface area contributed by atoms with Crippen molar-refractivity contribution in [3.63, 3.8) is 0 Å². The molecular formula is C10H15NO4. The molecule has 0 radical (unpaired) electrons. The molecule has 0 aliphatic rings. The van der Waals surface area contributed by atoms with Gasteiger partial charge in [0.05, 0.1) is 19.8 Å². The number of hydrogen-bond acceptors (Lipinski definition) is 5. The molecule has 0 spiro atoms. The van der Waals surface area contributed by atoms with E-state index in [2.05, 4.69) is 10.2 Å². The van der Waals surface area contributed by atoms with Crippen LogP contribution in [-0.4, -0.2) is 19.7 Å². The van der Waals surface area contributed by atoms with Gasteiger partial charge < -0.3 is 14.0 Å². The standard InChI is InChI=1S/C10H15NO4/c1-4-14-11-7(2)8-5-6-9(15-8)10(12)13-3/h5-7,11H,4H2,1-3H3. The van der Waals surface area contributed by atoms with Crippen LogP contribution < -0.4 is 5.48 Å². The average Bonchev–Trinajstić information content (AvgIpc) is 2.74. The van der Waals surface area contributed by atoms with E-state index in [9.17, 15) is 4.79 Å². The van der Waals surface area contributed by atoms with E-state index in [-0.39, 0.29) is 11.8 Å². The third kappa shape index (κ3) is 3.07. The lowest BCUT2D eigenvalue weighted by Gasteiger charge is -2.09. The van der Waals surface area contributed by atoms with Gasteiger partial charge in [0.2, 0.25) is 5.76 Å². The van der Waals surface area contributed by atoms with E-state index in [1.54, 1.807) is 12.1 Å². The predicted molar refractivity (Wildman–Crippen MR) is 53.2 cm³/mol. The van der Waals surface area contributed by atoms with Crippen molar-refractivity contribution in [3.05, 3.63) is 23.7 Å². The lowest BCUT2D eigenvalue weighted by Crippen LogP contribution is -2.18. The summed E-state index contributed by atoms with van der Waals surface area (Å²) in [5.41, 5.74) is 2.77. The fourth-order valence-electron chi connectivity index (χ4n) is 1.06. The second-order valence-electron chi connectivity index (χ2n) is 2.97. The maximum Gasteiger partial charge on any atom is 0.373 e. The summed E-state index contributed by atoms with van der Waals surface area (Å²) in [6.45, 7) is 4.31. The number of methoxy groups -OCH3 is 1. The molecular weight excluding hydrogens is 198 g/mol. The van der Waals surface area contributed by atoms with Gasteiger partial charge in [0.25, 0.3) is 0 Å². The highest BCUT2D eigenvalue weighted by Crippen LogP contribution is 2.16. The summed E-state index contributed by atoms with van der Waals surface area (Å²) in [6.07, 6.45) is 0. The number of hydroxylamine groups is 1. The first-order valence-corrected chi connectivity index (χ1v) is 4.74. The molecule has 5 nitrogen and oxygen atoms in total. The van der Waals surface area contributed by atoms with Crippen LogP contribution in [0.4, 0.5) is 0 Å². The van der Waals surface area contributed by atoms with Gasteiger partial charge in [0.1, 0.15) is 5.76 Å². The van der Waals surface area contributed by atoms with E-state index in [0.717, 1.165) is 0 Å². The van der Waals surface area contributed by atoms with Gasteiger partial charge in [-0.15, -0.1) is 0 Å². The summed E-state index contributed by atoms with van der Waals surface area (Å²) in [7, 11) is 1.31. The minimum Gasteiger partial charge on any atom is -0.463 e. The smallest absolute Gasteiger partial charge is 0.373 e. The number of hydrogen-bond donors (Lipinski definition) is 1. The molecule has 15 heavy (non-hydrogen) atoms. The molecule has 1 rings (SSSR count). The normalized spacial score (nSPS) is 12.5. The number of carbonyl (C=O) groups is 1. The van der Waals surface area contributed by atoms with Gasteiger partial charge in [-0.05, 0) is 26.0 Å². The van der Waals surface area contributed by atoms with E-state index in [4.69, 9.17) is 9.25 Å². The van der Waals surface area contributed by atoms with Crippen LogP contribution in [0.25, 0.3) is 0 Å². The molecule has 1 N–H and O–H groups in total. The van der Waals surface area contributed by atoms with Crippen LogP contribution in [0.1, 0.15) is 36.2 Å². The molecule has 1 aromatic heterocycles. The second-order valence-corrected chi connectivity index (χ2v) is 2.97. The van der Waals surface area contributed by atoms with Gasteiger partial charge in [-0.3, -0.25) is 0 Å². The number of ether oxygens (including phenoxy) is 1. The average molecular weight is 213 g/mol. The van der Waals surface area contributed by atoms with Crippen molar-refractivity contribution < 1.29 is 18.8 Å². The molecule has 0 aromatic carbocycles. The highest BCUT2D eigenvalue weighted by Gasteiger charge is 2.14. The molecule has 0 amide bonds. The van der Waals surface area contributed by atoms with Gasteiger partial charge >= 0.3 is 5.97 Å². The molecule has 1 atom stereocenters. The predicted octanol–water partition coefficient (Wildman–Crippen LogP) is 1.67. The maximum absolute atomic E-state index is 11.1. The van der Waals surface area contributed by atoms with Crippen molar-refractivity contribution in [1.29, 1.82) is 0 Å². The van der Waals surface area contributed by atoms with Crippen LogP contribution >= 0.6 is 0 Å². The first kappa shape index (κ1) is 11.7. The molecule has 1 heterocycles. The number of nitrogens with one attached hydrogen (secondary N) is 1. The van der Waals surface area contributed by atoms with Gasteiger partial charge in [0.15, 0.2) is 0 Å². The Hall–Kier alpha value is -1.33. The molecule has 0 saturated heterocycles. The summed E-state index contributed by atoms with van der Waals surface area (Å²) in [4.78, 5) is 16.1. The Balaban J connectivity index is 2.62. The van der Waals surface area contributed by atoms with Crippen molar-refractivity contribution in [1.82, 2.24) is 5.48 Å². The molecule has 5 heteroatoms. The molecule has 1 unspecified atom stereocenters. The van der Waals surface area contributed by atoms with Gasteiger partial charge in [-0.2, -0.15) is 5.48 Å². The molecule has 84 valence electrons. The molecule has 1 aromatic rings. The van der Waals surface area contributed by atoms with Gasteiger partial charge in [-0.25, -0.2) is 4.79 Å². The van der Waals surface area contributed by atoms with Crippen LogP contribution in [0.5, 0.6) is 0 Å². The van der Waals surface area contributed by atoms with E-state index in [1.165, 1.54) is 7.11 Å². The summed E-state index contributed by atoms with van der Waals surface area (Å²) < 4.78 is 9.80. The molecule has 0 bridgehead atoms. The van der Waals surface area contributed by atoms with Crippen LogP contribution in [0, 0.1) is 0 Å². The molecule has 0 fully saturated rings. The molecule has 0 aliphatic heterocycles. The second kappa shape index (κ2) is 5.53. The zero-order chi connectivity index (χ0) is 11.3. The highest BCUT2D eigenvalue weighted by molar-refractivity contribution is 5.86.